The maximum Gasteiger partial charge on any atom is 0.252 e. The van der Waals surface area contributed by atoms with E-state index in [1.807, 2.05) is 0 Å². The number of nitrogens with zero attached hydrogens (tertiary/aromatic N) is 4. The minimum Gasteiger partial charge on any atom is -0.355 e. The summed E-state index contributed by atoms with van der Waals surface area (Å²) in [7, 11) is 3.36. The molecule has 0 saturated carbocycles. The molecule has 0 aromatic rings. The quantitative estimate of drug-likeness (QED) is 0.151. The predicted molar refractivity (Wildman–Crippen MR) is 104 cm³/mol. The van der Waals surface area contributed by atoms with Crippen LogP contribution in [0.3, 0.4) is 0 Å². The van der Waals surface area contributed by atoms with Crippen LogP contribution in [0.15, 0.2) is 21.8 Å². The van der Waals surface area contributed by atoms with Crippen molar-refractivity contribution in [1.82, 2.24) is 10.6 Å². The average Bonchev–Trinajstić information content (AvgIpc) is 2.63. The van der Waals surface area contributed by atoms with Crippen molar-refractivity contribution in [3.05, 3.63) is 22.1 Å². The third kappa shape index (κ3) is 10.0. The van der Waals surface area contributed by atoms with Crippen LogP contribution in [-0.4, -0.2) is 61.8 Å². The smallest absolute Gasteiger partial charge is 0.252 e. The summed E-state index contributed by atoms with van der Waals surface area (Å²) < 4.78 is 0. The Bertz CT molecular complexity index is 547. The van der Waals surface area contributed by atoms with Crippen LogP contribution in [0.4, 0.5) is 0 Å². The zero-order valence-corrected chi connectivity index (χ0v) is 15.5. The highest BCUT2D eigenvalue weighted by molar-refractivity contribution is 8.76. The molecule has 4 N–H and O–H groups in total. The minimum atomic E-state index is -0.257. The van der Waals surface area contributed by atoms with Gasteiger partial charge in [-0.15, -0.1) is 0 Å². The van der Waals surface area contributed by atoms with Gasteiger partial charge < -0.3 is 16.4 Å². The van der Waals surface area contributed by atoms with E-state index in [4.69, 9.17) is 11.3 Å². The molecule has 0 bridgehead atoms. The van der Waals surface area contributed by atoms with E-state index in [0.717, 1.165) is 11.5 Å². The molecular weight excluding hydrogens is 362 g/mol. The summed E-state index contributed by atoms with van der Waals surface area (Å²) in [6.07, 6.45) is 4.03. The van der Waals surface area contributed by atoms with Crippen LogP contribution in [0.2, 0.25) is 0 Å². The SMILES string of the molecule is [N-]=[N+]=NCC1CC=C(C(=O)NCCC(=O)NCCSSCCN)C=N1. The van der Waals surface area contributed by atoms with Gasteiger partial charge in [-0.25, -0.2) is 0 Å². The van der Waals surface area contributed by atoms with E-state index in [9.17, 15) is 9.59 Å². The third-order valence-electron chi connectivity index (χ3n) is 3.08. The lowest BCUT2D eigenvalue weighted by Gasteiger charge is -2.13. The Balaban J connectivity index is 2.12. The van der Waals surface area contributed by atoms with E-state index in [0.29, 0.717) is 25.1 Å². The van der Waals surface area contributed by atoms with Gasteiger partial charge in [-0.1, -0.05) is 32.8 Å². The highest BCUT2D eigenvalue weighted by Crippen LogP contribution is 2.18. The van der Waals surface area contributed by atoms with Gasteiger partial charge in [0.15, 0.2) is 0 Å². The summed E-state index contributed by atoms with van der Waals surface area (Å²) in [5, 5.41) is 8.96. The summed E-state index contributed by atoms with van der Waals surface area (Å²) in [4.78, 5) is 30.5. The van der Waals surface area contributed by atoms with E-state index in [1.165, 1.54) is 6.21 Å². The molecule has 2 amide bonds. The van der Waals surface area contributed by atoms with Gasteiger partial charge >= 0.3 is 0 Å². The summed E-state index contributed by atoms with van der Waals surface area (Å²) >= 11 is 0. The number of hydrogen-bond donors (Lipinski definition) is 3. The second-order valence-corrected chi connectivity index (χ2v) is 7.73. The zero-order chi connectivity index (χ0) is 18.3. The predicted octanol–water partition coefficient (Wildman–Crippen LogP) is 1.03. The number of azide groups is 1. The fourth-order valence-electron chi connectivity index (χ4n) is 1.84. The van der Waals surface area contributed by atoms with Gasteiger partial charge in [-0.2, -0.15) is 0 Å². The molecule has 25 heavy (non-hydrogen) atoms. The normalized spacial score (nSPS) is 15.9. The first-order chi connectivity index (χ1) is 12.2. The molecule has 0 radical (unpaired) electrons. The Morgan fingerprint density at radius 2 is 2.16 bits per heavy atom. The summed E-state index contributed by atoms with van der Waals surface area (Å²) in [6, 6.07) is -0.112. The number of rotatable bonds is 12. The number of carbonyl (C=O) groups is 2. The van der Waals surface area contributed by atoms with E-state index in [2.05, 4.69) is 25.7 Å². The molecule has 1 aliphatic rings. The molecule has 1 aliphatic heterocycles. The fraction of sp³-hybridized carbons (Fsp3) is 0.643. The standard InChI is InChI=1S/C14H23N7O2S2/c15-4-7-24-25-8-6-17-13(22)3-5-18-14(23)11-1-2-12(19-9-11)10-20-21-16/h1,9,12H,2-8,10,15H2,(H,17,22)(H,18,23). The molecule has 138 valence electrons. The van der Waals surface area contributed by atoms with Crippen molar-refractivity contribution < 1.29 is 9.59 Å². The van der Waals surface area contributed by atoms with Gasteiger partial charge in [0.1, 0.15) is 0 Å². The van der Waals surface area contributed by atoms with Crippen LogP contribution in [0.5, 0.6) is 0 Å². The van der Waals surface area contributed by atoms with Crippen molar-refractivity contribution in [2.75, 3.05) is 37.7 Å². The number of aliphatic imine (C=N–C) groups is 1. The lowest BCUT2D eigenvalue weighted by molar-refractivity contribution is -0.121. The molecule has 0 spiro atoms. The average molecular weight is 386 g/mol. The van der Waals surface area contributed by atoms with Crippen LogP contribution < -0.4 is 16.4 Å². The maximum absolute atomic E-state index is 12.0. The van der Waals surface area contributed by atoms with Gasteiger partial charge in [0.2, 0.25) is 5.91 Å². The van der Waals surface area contributed by atoms with Gasteiger partial charge in [-0.05, 0) is 12.0 Å². The van der Waals surface area contributed by atoms with Crippen molar-refractivity contribution in [2.45, 2.75) is 18.9 Å². The molecule has 0 aromatic carbocycles. The second kappa shape index (κ2) is 13.6. The molecule has 0 aliphatic carbocycles. The molecule has 0 aromatic heterocycles. The van der Waals surface area contributed by atoms with Gasteiger partial charge in [0.25, 0.3) is 5.91 Å². The van der Waals surface area contributed by atoms with Crippen LogP contribution in [0.1, 0.15) is 12.8 Å². The Kier molecular flexibility index (Phi) is 11.6. The number of dihydropyridines is 1. The Morgan fingerprint density at radius 1 is 1.36 bits per heavy atom. The zero-order valence-electron chi connectivity index (χ0n) is 13.9. The maximum atomic E-state index is 12.0. The Morgan fingerprint density at radius 3 is 2.84 bits per heavy atom. The minimum absolute atomic E-state index is 0.0922. The number of carbonyl (C=O) groups excluding carboxylic acids is 2. The summed E-state index contributed by atoms with van der Waals surface area (Å²) in [5.41, 5.74) is 14.1. The first kappa shape index (κ1) is 21.4. The lowest BCUT2D eigenvalue weighted by atomic mass is 10.1. The topological polar surface area (TPSA) is 145 Å². The molecule has 9 nitrogen and oxygen atoms in total. The van der Waals surface area contributed by atoms with Crippen LogP contribution >= 0.6 is 21.6 Å². The van der Waals surface area contributed by atoms with E-state index >= 15 is 0 Å². The van der Waals surface area contributed by atoms with E-state index < -0.39 is 0 Å². The van der Waals surface area contributed by atoms with Crippen molar-refractivity contribution in [1.29, 1.82) is 0 Å². The second-order valence-electron chi connectivity index (χ2n) is 5.03. The van der Waals surface area contributed by atoms with Crippen molar-refractivity contribution in [3.63, 3.8) is 0 Å². The number of nitrogens with one attached hydrogen (secondary N) is 2. The van der Waals surface area contributed by atoms with Crippen LogP contribution in [0, 0.1) is 0 Å². The Hall–Kier alpha value is -1.68. The largest absolute Gasteiger partial charge is 0.355 e. The number of nitrogens with two attached hydrogens (primary N) is 1. The van der Waals surface area contributed by atoms with E-state index in [1.54, 1.807) is 27.7 Å². The van der Waals surface area contributed by atoms with Gasteiger partial charge in [0.05, 0.1) is 11.6 Å². The van der Waals surface area contributed by atoms with Crippen molar-refractivity contribution in [3.8, 4) is 0 Å². The molecule has 1 atom stereocenters. The first-order valence-corrected chi connectivity index (χ1v) is 10.4. The van der Waals surface area contributed by atoms with Gasteiger partial charge in [-0.3, -0.25) is 14.6 Å². The molecule has 0 fully saturated rings. The first-order valence-electron chi connectivity index (χ1n) is 7.91. The fourth-order valence-corrected chi connectivity index (χ4v) is 3.61. The van der Waals surface area contributed by atoms with Crippen LogP contribution in [0.25, 0.3) is 10.4 Å². The number of hydrogen-bond acceptors (Lipinski definition) is 7. The molecular formula is C14H23N7O2S2. The monoisotopic (exact) mass is 385 g/mol. The Labute approximate surface area is 154 Å². The highest BCUT2D eigenvalue weighted by atomic mass is 33.1. The molecule has 1 heterocycles. The van der Waals surface area contributed by atoms with Gasteiger partial charge in [0, 0.05) is 55.2 Å². The number of amides is 2. The summed E-state index contributed by atoms with van der Waals surface area (Å²) in [6.45, 7) is 1.80. The molecule has 1 rings (SSSR count). The lowest BCUT2D eigenvalue weighted by Crippen LogP contribution is -2.33. The highest BCUT2D eigenvalue weighted by Gasteiger charge is 2.14. The third-order valence-corrected chi connectivity index (χ3v) is 5.52. The molecule has 11 heteroatoms. The molecule has 0 saturated heterocycles. The van der Waals surface area contributed by atoms with Crippen molar-refractivity contribution >= 4 is 39.6 Å². The van der Waals surface area contributed by atoms with E-state index in [-0.39, 0.29) is 37.4 Å². The van der Waals surface area contributed by atoms with Crippen molar-refractivity contribution in [2.24, 2.45) is 15.8 Å². The molecule has 1 unspecified atom stereocenters. The van der Waals surface area contributed by atoms with Crippen LogP contribution in [-0.2, 0) is 9.59 Å². The summed E-state index contributed by atoms with van der Waals surface area (Å²) in [5.74, 6) is 1.37.